The first-order valence-corrected chi connectivity index (χ1v) is 6.78. The molecule has 1 aromatic carbocycles. The highest BCUT2D eigenvalue weighted by Gasteiger charge is 2.19. The van der Waals surface area contributed by atoms with Crippen molar-refractivity contribution in [1.82, 2.24) is 0 Å². The standard InChI is InChI=1S/C13H20FIN2/c1-8(13(2,3)4)7-17-12-5-9(14)10(15)6-11(12)16/h5-6,8,17H,7,16H2,1-4H3. The van der Waals surface area contributed by atoms with E-state index in [9.17, 15) is 4.39 Å². The molecule has 17 heavy (non-hydrogen) atoms. The van der Waals surface area contributed by atoms with Crippen LogP contribution in [0.4, 0.5) is 15.8 Å². The van der Waals surface area contributed by atoms with Gasteiger partial charge < -0.3 is 11.1 Å². The van der Waals surface area contributed by atoms with Crippen LogP contribution >= 0.6 is 22.6 Å². The van der Waals surface area contributed by atoms with E-state index >= 15 is 0 Å². The van der Waals surface area contributed by atoms with Crippen LogP contribution in [0.5, 0.6) is 0 Å². The van der Waals surface area contributed by atoms with Crippen LogP contribution in [0.15, 0.2) is 12.1 Å². The van der Waals surface area contributed by atoms with E-state index in [-0.39, 0.29) is 11.2 Å². The molecule has 1 aromatic rings. The SMILES string of the molecule is CC(CNc1cc(F)c(I)cc1N)C(C)(C)C. The summed E-state index contributed by atoms with van der Waals surface area (Å²) in [6.45, 7) is 9.53. The Bertz CT molecular complexity index is 399. The van der Waals surface area contributed by atoms with Gasteiger partial charge in [-0.25, -0.2) is 4.39 Å². The predicted molar refractivity (Wildman–Crippen MR) is 80.6 cm³/mol. The van der Waals surface area contributed by atoms with Crippen molar-refractivity contribution < 1.29 is 4.39 Å². The average molecular weight is 350 g/mol. The molecule has 0 fully saturated rings. The van der Waals surface area contributed by atoms with E-state index in [0.717, 1.165) is 6.54 Å². The lowest BCUT2D eigenvalue weighted by Gasteiger charge is -2.28. The van der Waals surface area contributed by atoms with E-state index in [1.54, 1.807) is 6.07 Å². The summed E-state index contributed by atoms with van der Waals surface area (Å²) in [4.78, 5) is 0. The fraction of sp³-hybridized carbons (Fsp3) is 0.538. The molecule has 0 amide bonds. The number of benzene rings is 1. The van der Waals surface area contributed by atoms with Crippen LogP contribution in [0.3, 0.4) is 0 Å². The van der Waals surface area contributed by atoms with Crippen molar-refractivity contribution in [3.63, 3.8) is 0 Å². The Balaban J connectivity index is 2.73. The van der Waals surface area contributed by atoms with Gasteiger partial charge in [0, 0.05) is 12.6 Å². The molecule has 1 atom stereocenters. The van der Waals surface area contributed by atoms with Gasteiger partial charge in [-0.1, -0.05) is 27.7 Å². The van der Waals surface area contributed by atoms with E-state index in [1.165, 1.54) is 6.07 Å². The second-order valence-corrected chi connectivity index (χ2v) is 6.66. The molecule has 96 valence electrons. The van der Waals surface area contributed by atoms with E-state index in [1.807, 2.05) is 22.6 Å². The van der Waals surface area contributed by atoms with Crippen molar-refractivity contribution in [2.75, 3.05) is 17.6 Å². The third-order valence-electron chi connectivity index (χ3n) is 3.17. The van der Waals surface area contributed by atoms with Crippen molar-refractivity contribution in [2.24, 2.45) is 11.3 Å². The summed E-state index contributed by atoms with van der Waals surface area (Å²) in [6, 6.07) is 3.12. The lowest BCUT2D eigenvalue weighted by Crippen LogP contribution is -2.25. The second-order valence-electron chi connectivity index (χ2n) is 5.50. The van der Waals surface area contributed by atoms with Crippen LogP contribution in [-0.4, -0.2) is 6.54 Å². The first-order chi connectivity index (χ1) is 7.71. The van der Waals surface area contributed by atoms with E-state index in [2.05, 4.69) is 33.0 Å². The number of anilines is 2. The molecule has 0 radical (unpaired) electrons. The Hall–Kier alpha value is -0.520. The summed E-state index contributed by atoms with van der Waals surface area (Å²) in [5.74, 6) is 0.245. The zero-order chi connectivity index (χ0) is 13.2. The third kappa shape index (κ3) is 4.01. The fourth-order valence-corrected chi connectivity index (χ4v) is 1.78. The van der Waals surface area contributed by atoms with E-state index in [0.29, 0.717) is 20.9 Å². The molecule has 4 heteroatoms. The Labute approximate surface area is 116 Å². The highest BCUT2D eigenvalue weighted by molar-refractivity contribution is 14.1. The lowest BCUT2D eigenvalue weighted by atomic mass is 9.82. The monoisotopic (exact) mass is 350 g/mol. The Kier molecular flexibility index (Phi) is 4.63. The van der Waals surface area contributed by atoms with Crippen LogP contribution in [0.1, 0.15) is 27.7 Å². The summed E-state index contributed by atoms with van der Waals surface area (Å²) < 4.78 is 14.0. The molecule has 0 aliphatic rings. The van der Waals surface area contributed by atoms with Crippen molar-refractivity contribution in [3.8, 4) is 0 Å². The molecule has 1 unspecified atom stereocenters. The zero-order valence-electron chi connectivity index (χ0n) is 10.8. The van der Waals surface area contributed by atoms with Crippen LogP contribution in [0.25, 0.3) is 0 Å². The smallest absolute Gasteiger partial charge is 0.138 e. The predicted octanol–water partition coefficient (Wildman–Crippen LogP) is 4.11. The first kappa shape index (κ1) is 14.5. The lowest BCUT2D eigenvalue weighted by molar-refractivity contribution is 0.274. The van der Waals surface area contributed by atoms with Crippen molar-refractivity contribution in [3.05, 3.63) is 21.5 Å². The normalized spacial score (nSPS) is 13.5. The topological polar surface area (TPSA) is 38.0 Å². The van der Waals surface area contributed by atoms with Crippen molar-refractivity contribution in [2.45, 2.75) is 27.7 Å². The number of hydrogen-bond donors (Lipinski definition) is 2. The molecule has 0 aliphatic carbocycles. The maximum Gasteiger partial charge on any atom is 0.138 e. The number of hydrogen-bond acceptors (Lipinski definition) is 2. The maximum atomic E-state index is 13.4. The van der Waals surface area contributed by atoms with Crippen molar-refractivity contribution >= 4 is 34.0 Å². The minimum atomic E-state index is -0.231. The highest BCUT2D eigenvalue weighted by Crippen LogP contribution is 2.28. The van der Waals surface area contributed by atoms with Gasteiger partial charge in [0.25, 0.3) is 0 Å². The van der Waals surface area contributed by atoms with Gasteiger partial charge in [0.1, 0.15) is 5.82 Å². The van der Waals surface area contributed by atoms with Crippen LogP contribution in [0, 0.1) is 20.7 Å². The Morgan fingerprint density at radius 1 is 1.41 bits per heavy atom. The second kappa shape index (κ2) is 5.42. The number of halogens is 2. The molecular weight excluding hydrogens is 330 g/mol. The van der Waals surface area contributed by atoms with Crippen LogP contribution in [-0.2, 0) is 0 Å². The molecule has 0 aliphatic heterocycles. The molecule has 0 saturated carbocycles. The zero-order valence-corrected chi connectivity index (χ0v) is 12.9. The van der Waals surface area contributed by atoms with Gasteiger partial charge in [0.15, 0.2) is 0 Å². The Morgan fingerprint density at radius 2 is 2.00 bits per heavy atom. The van der Waals surface area contributed by atoms with Gasteiger partial charge in [0.2, 0.25) is 0 Å². The van der Waals surface area contributed by atoms with Gasteiger partial charge in [-0.05, 0) is 40.0 Å². The van der Waals surface area contributed by atoms with Crippen LogP contribution in [0.2, 0.25) is 0 Å². The largest absolute Gasteiger partial charge is 0.397 e. The van der Waals surface area contributed by atoms with E-state index in [4.69, 9.17) is 5.73 Å². The quantitative estimate of drug-likeness (QED) is 0.636. The fourth-order valence-electron chi connectivity index (χ4n) is 1.28. The summed E-state index contributed by atoms with van der Waals surface area (Å²) in [5, 5.41) is 3.22. The van der Waals surface area contributed by atoms with Gasteiger partial charge in [-0.15, -0.1) is 0 Å². The molecule has 0 aromatic heterocycles. The summed E-state index contributed by atoms with van der Waals surface area (Å²) >= 11 is 1.94. The first-order valence-electron chi connectivity index (χ1n) is 5.70. The summed E-state index contributed by atoms with van der Waals surface area (Å²) in [5.41, 5.74) is 7.35. The van der Waals surface area contributed by atoms with Gasteiger partial charge in [-0.2, -0.15) is 0 Å². The number of rotatable bonds is 3. The van der Waals surface area contributed by atoms with Crippen LogP contribution < -0.4 is 11.1 Å². The van der Waals surface area contributed by atoms with Gasteiger partial charge in [-0.3, -0.25) is 0 Å². The molecule has 0 saturated heterocycles. The van der Waals surface area contributed by atoms with Gasteiger partial charge in [0.05, 0.1) is 14.9 Å². The maximum absolute atomic E-state index is 13.4. The highest BCUT2D eigenvalue weighted by atomic mass is 127. The molecule has 1 rings (SSSR count). The molecular formula is C13H20FIN2. The molecule has 0 heterocycles. The molecule has 3 N–H and O–H groups in total. The third-order valence-corrected chi connectivity index (χ3v) is 4.00. The van der Waals surface area contributed by atoms with Gasteiger partial charge >= 0.3 is 0 Å². The molecule has 2 nitrogen and oxygen atoms in total. The van der Waals surface area contributed by atoms with Crippen molar-refractivity contribution in [1.29, 1.82) is 0 Å². The Morgan fingerprint density at radius 3 is 2.53 bits per heavy atom. The number of nitrogens with two attached hydrogens (primary N) is 1. The minimum Gasteiger partial charge on any atom is -0.397 e. The van der Waals surface area contributed by atoms with E-state index < -0.39 is 0 Å². The average Bonchev–Trinajstić information content (AvgIpc) is 2.19. The summed E-state index contributed by atoms with van der Waals surface area (Å²) in [6.07, 6.45) is 0. The molecule has 0 bridgehead atoms. The molecule has 0 spiro atoms. The number of nitrogens with one attached hydrogen (secondary N) is 1. The number of nitrogen functional groups attached to an aromatic ring is 1. The summed E-state index contributed by atoms with van der Waals surface area (Å²) in [7, 11) is 0. The minimum absolute atomic E-state index is 0.226.